The summed E-state index contributed by atoms with van der Waals surface area (Å²) >= 11 is 0. The minimum Gasteiger partial charge on any atom is -0.0963 e. The topological polar surface area (TPSA) is 0 Å². The molecule has 0 aliphatic carbocycles. The monoisotopic (exact) mass is 386 g/mol. The molecule has 2 aromatic carbocycles. The first-order chi connectivity index (χ1) is 12.2. The first-order valence-electron chi connectivity index (χ1n) is 9.74. The van der Waals surface area contributed by atoms with Crippen LogP contribution in [0.2, 0.25) is 0 Å². The second kappa shape index (κ2) is 9.48. The molecule has 0 amide bonds. The predicted octanol–water partition coefficient (Wildman–Crippen LogP) is 7.95. The van der Waals surface area contributed by atoms with Gasteiger partial charge in [0.2, 0.25) is 0 Å². The Kier molecular flexibility index (Phi) is 7.88. The summed E-state index contributed by atoms with van der Waals surface area (Å²) in [5.74, 6) is 0. The molecule has 0 saturated carbocycles. The van der Waals surface area contributed by atoms with Crippen LogP contribution in [0.25, 0.3) is 0 Å². The molecule has 0 heterocycles. The largest absolute Gasteiger partial charge is 0.0963 e. The molecule has 0 N–H and O–H groups in total. The molecule has 142 valence electrons. The molecule has 0 aliphatic rings. The molecule has 2 heteroatoms. The molecule has 2 aromatic rings. The molecule has 0 aliphatic heterocycles. The minimum atomic E-state index is -0.0161. The third kappa shape index (κ3) is 7.13. The Hall–Kier alpha value is -0.700. The van der Waals surface area contributed by atoms with Crippen molar-refractivity contribution < 1.29 is 0 Å². The average Bonchev–Trinajstić information content (AvgIpc) is 2.57. The summed E-state index contributed by atoms with van der Waals surface area (Å²) in [5.41, 5.74) is 3.02. The predicted molar refractivity (Wildman–Crippen MR) is 123 cm³/mol. The second-order valence-electron chi connectivity index (χ2n) is 9.16. The van der Waals surface area contributed by atoms with Crippen molar-refractivity contribution in [2.75, 3.05) is 12.3 Å². The lowest BCUT2D eigenvalue weighted by atomic mass is 10.2. The highest BCUT2D eigenvalue weighted by atomic mass is 31.1. The average molecular weight is 387 g/mol. The molecule has 26 heavy (non-hydrogen) atoms. The van der Waals surface area contributed by atoms with E-state index in [1.54, 1.807) is 0 Å². The first kappa shape index (κ1) is 21.6. The van der Waals surface area contributed by atoms with E-state index in [0.29, 0.717) is 10.3 Å². The molecule has 2 atom stereocenters. The fourth-order valence-electron chi connectivity index (χ4n) is 3.15. The van der Waals surface area contributed by atoms with Gasteiger partial charge in [0.1, 0.15) is 0 Å². The maximum Gasteiger partial charge on any atom is -0.00683 e. The lowest BCUT2D eigenvalue weighted by Crippen LogP contribution is -2.20. The zero-order valence-corrected chi connectivity index (χ0v) is 19.3. The quantitative estimate of drug-likeness (QED) is 0.424. The van der Waals surface area contributed by atoms with E-state index < -0.39 is 0 Å². The molecule has 0 saturated heterocycles. The fraction of sp³-hybridized carbons (Fsp3) is 0.500. The molecular weight excluding hydrogens is 350 g/mol. The summed E-state index contributed by atoms with van der Waals surface area (Å²) in [4.78, 5) is 0. The van der Waals surface area contributed by atoms with Gasteiger partial charge in [-0.3, -0.25) is 0 Å². The van der Waals surface area contributed by atoms with E-state index in [0.717, 1.165) is 0 Å². The standard InChI is InChI=1S/C24H36P2/c1-23(2,3)25(19-21-13-9-7-10-14-21)17-18-26(24(4,5)6)20-22-15-11-8-12-16-22/h7-16H,17-20H2,1-6H3. The van der Waals surface area contributed by atoms with Crippen molar-refractivity contribution in [3.05, 3.63) is 71.8 Å². The van der Waals surface area contributed by atoms with Gasteiger partial charge in [-0.25, -0.2) is 0 Å². The SMILES string of the molecule is CC(C)(C)P(CCP(Cc1ccccc1)C(C)(C)C)Cc1ccccc1. The van der Waals surface area contributed by atoms with Gasteiger partial charge in [0.15, 0.2) is 0 Å². The Morgan fingerprint density at radius 1 is 0.538 bits per heavy atom. The number of hydrogen-bond acceptors (Lipinski definition) is 0. The van der Waals surface area contributed by atoms with E-state index in [1.807, 2.05) is 0 Å². The van der Waals surface area contributed by atoms with Crippen LogP contribution in [0.4, 0.5) is 0 Å². The van der Waals surface area contributed by atoms with Gasteiger partial charge in [-0.2, -0.15) is 0 Å². The van der Waals surface area contributed by atoms with Gasteiger partial charge in [-0.05, 0) is 46.1 Å². The number of benzene rings is 2. The van der Waals surface area contributed by atoms with Crippen LogP contribution in [0, 0.1) is 0 Å². The highest BCUT2D eigenvalue weighted by Gasteiger charge is 2.29. The van der Waals surface area contributed by atoms with Gasteiger partial charge in [0.25, 0.3) is 0 Å². The van der Waals surface area contributed by atoms with E-state index in [4.69, 9.17) is 0 Å². The Bertz CT molecular complexity index is 576. The summed E-state index contributed by atoms with van der Waals surface area (Å²) in [7, 11) is -0.0321. The van der Waals surface area contributed by atoms with Crippen LogP contribution in [0.15, 0.2) is 60.7 Å². The van der Waals surface area contributed by atoms with Gasteiger partial charge >= 0.3 is 0 Å². The Labute approximate surface area is 164 Å². The molecular formula is C24H36P2. The summed E-state index contributed by atoms with van der Waals surface area (Å²) < 4.78 is 0. The molecule has 2 rings (SSSR count). The molecule has 0 nitrogen and oxygen atoms in total. The Morgan fingerprint density at radius 2 is 0.846 bits per heavy atom. The van der Waals surface area contributed by atoms with Crippen molar-refractivity contribution in [2.24, 2.45) is 0 Å². The first-order valence-corrected chi connectivity index (χ1v) is 13.2. The van der Waals surface area contributed by atoms with E-state index in [-0.39, 0.29) is 15.8 Å². The molecule has 0 aromatic heterocycles. The summed E-state index contributed by atoms with van der Waals surface area (Å²) in [5, 5.41) is 0.827. The van der Waals surface area contributed by atoms with Crippen LogP contribution >= 0.6 is 15.8 Å². The summed E-state index contributed by atoms with van der Waals surface area (Å²) in [6.45, 7) is 14.7. The maximum atomic E-state index is 2.44. The van der Waals surface area contributed by atoms with Crippen molar-refractivity contribution in [1.82, 2.24) is 0 Å². The third-order valence-electron chi connectivity index (χ3n) is 4.97. The van der Waals surface area contributed by atoms with Gasteiger partial charge in [0.05, 0.1) is 0 Å². The number of rotatable bonds is 7. The normalized spacial score (nSPS) is 14.8. The second-order valence-corrected chi connectivity index (χ2v) is 15.5. The Balaban J connectivity index is 2.07. The zero-order valence-electron chi connectivity index (χ0n) is 17.5. The van der Waals surface area contributed by atoms with Crippen molar-refractivity contribution in [3.63, 3.8) is 0 Å². The minimum absolute atomic E-state index is 0.0161. The molecule has 0 spiro atoms. The smallest absolute Gasteiger partial charge is 0.00683 e. The van der Waals surface area contributed by atoms with E-state index in [1.165, 1.54) is 35.8 Å². The highest BCUT2D eigenvalue weighted by molar-refractivity contribution is 7.62. The van der Waals surface area contributed by atoms with Crippen LogP contribution in [-0.4, -0.2) is 22.6 Å². The van der Waals surface area contributed by atoms with Crippen molar-refractivity contribution in [1.29, 1.82) is 0 Å². The van der Waals surface area contributed by atoms with Crippen LogP contribution in [0.1, 0.15) is 52.7 Å². The van der Waals surface area contributed by atoms with Gasteiger partial charge in [-0.15, -0.1) is 0 Å². The number of hydrogen-bond donors (Lipinski definition) is 0. The van der Waals surface area contributed by atoms with Crippen molar-refractivity contribution >= 4 is 15.8 Å². The van der Waals surface area contributed by atoms with Crippen molar-refractivity contribution in [2.45, 2.75) is 64.2 Å². The van der Waals surface area contributed by atoms with E-state index in [9.17, 15) is 0 Å². The third-order valence-corrected chi connectivity index (χ3v) is 12.1. The lowest BCUT2D eigenvalue weighted by Gasteiger charge is -2.37. The molecule has 0 radical (unpaired) electrons. The van der Waals surface area contributed by atoms with Crippen LogP contribution in [-0.2, 0) is 12.3 Å². The molecule has 2 unspecified atom stereocenters. The summed E-state index contributed by atoms with van der Waals surface area (Å²) in [6, 6.07) is 22.2. The van der Waals surface area contributed by atoms with Crippen molar-refractivity contribution in [3.8, 4) is 0 Å². The highest BCUT2D eigenvalue weighted by Crippen LogP contribution is 2.58. The molecule has 0 bridgehead atoms. The fourth-order valence-corrected chi connectivity index (χ4v) is 8.99. The lowest BCUT2D eigenvalue weighted by molar-refractivity contribution is 0.771. The van der Waals surface area contributed by atoms with Crippen LogP contribution in [0.3, 0.4) is 0 Å². The van der Waals surface area contributed by atoms with Crippen LogP contribution < -0.4 is 0 Å². The van der Waals surface area contributed by atoms with E-state index in [2.05, 4.69) is 102 Å². The van der Waals surface area contributed by atoms with Crippen LogP contribution in [0.5, 0.6) is 0 Å². The zero-order chi connectivity index (χ0) is 19.2. The molecule has 0 fully saturated rings. The van der Waals surface area contributed by atoms with Gasteiger partial charge in [-0.1, -0.05) is 118 Å². The summed E-state index contributed by atoms with van der Waals surface area (Å²) in [6.07, 6.45) is 5.31. The maximum absolute atomic E-state index is 2.44. The Morgan fingerprint density at radius 3 is 1.12 bits per heavy atom. The van der Waals surface area contributed by atoms with Gasteiger partial charge < -0.3 is 0 Å². The van der Waals surface area contributed by atoms with Gasteiger partial charge in [0, 0.05) is 0 Å². The van der Waals surface area contributed by atoms with E-state index >= 15 is 0 Å².